The number of hydrogen-bond donors (Lipinski definition) is 1. The van der Waals surface area contributed by atoms with Gasteiger partial charge in [0.05, 0.1) is 28.0 Å². The first-order valence-electron chi connectivity index (χ1n) is 10.0. The van der Waals surface area contributed by atoms with Crippen LogP contribution in [0.3, 0.4) is 0 Å². The Morgan fingerprint density at radius 1 is 1.16 bits per heavy atom. The summed E-state index contributed by atoms with van der Waals surface area (Å²) in [6.07, 6.45) is 0.788. The summed E-state index contributed by atoms with van der Waals surface area (Å²) in [4.78, 5) is 31.4. The Morgan fingerprint density at radius 3 is 2.48 bits per heavy atom. The van der Waals surface area contributed by atoms with E-state index in [1.165, 1.54) is 4.90 Å². The maximum Gasteiger partial charge on any atom is 0.244 e. The molecule has 0 atom stereocenters. The van der Waals surface area contributed by atoms with E-state index in [-0.39, 0.29) is 24.8 Å². The number of fused-ring (bicyclic) bond motifs is 1. The van der Waals surface area contributed by atoms with E-state index >= 15 is 0 Å². The van der Waals surface area contributed by atoms with Crippen LogP contribution in [-0.2, 0) is 16.0 Å². The van der Waals surface area contributed by atoms with Crippen molar-refractivity contribution in [1.82, 2.24) is 19.5 Å². The third kappa shape index (κ3) is 5.17. The van der Waals surface area contributed by atoms with E-state index in [1.807, 2.05) is 33.8 Å². The Labute approximate surface area is 191 Å². The normalized spacial score (nSPS) is 11.0. The van der Waals surface area contributed by atoms with E-state index < -0.39 is 0 Å². The molecule has 0 saturated heterocycles. The van der Waals surface area contributed by atoms with Gasteiger partial charge in [-0.25, -0.2) is 9.50 Å². The molecule has 0 bridgehead atoms. The van der Waals surface area contributed by atoms with Crippen LogP contribution in [0.4, 0.5) is 5.69 Å². The Morgan fingerprint density at radius 2 is 1.84 bits per heavy atom. The maximum absolute atomic E-state index is 12.8. The number of nitrogens with zero attached hydrogens (tertiary/aromatic N) is 4. The molecule has 0 aliphatic rings. The number of hydrogen-bond acceptors (Lipinski definition) is 4. The molecule has 0 spiro atoms. The largest absolute Gasteiger partial charge is 0.334 e. The van der Waals surface area contributed by atoms with E-state index in [4.69, 9.17) is 23.2 Å². The third-order valence-corrected chi connectivity index (χ3v) is 5.80. The highest BCUT2D eigenvalue weighted by molar-refractivity contribution is 6.39. The standard InChI is InChI=1S/C22H25Cl2N5O2/c1-5-28(12-20(30)26-22-17(23)7-6-8-18(22)24)21(31)10-9-16-14(3)25-19-11-13(2)27-29(19)15(16)4/h6-8,11H,5,9-10,12H2,1-4H3,(H,26,30). The molecular formula is C22H25Cl2N5O2. The Kier molecular flexibility index (Phi) is 7.18. The van der Waals surface area contributed by atoms with Crippen molar-refractivity contribution in [3.05, 3.63) is 57.0 Å². The van der Waals surface area contributed by atoms with Crippen LogP contribution < -0.4 is 5.32 Å². The molecule has 2 aromatic heterocycles. The van der Waals surface area contributed by atoms with Crippen molar-refractivity contribution in [2.24, 2.45) is 0 Å². The van der Waals surface area contributed by atoms with Crippen LogP contribution in [0.15, 0.2) is 24.3 Å². The second-order valence-corrected chi connectivity index (χ2v) is 8.18. The average Bonchev–Trinajstić information content (AvgIpc) is 3.09. The molecular weight excluding hydrogens is 437 g/mol. The molecule has 7 nitrogen and oxygen atoms in total. The molecule has 2 amide bonds. The SMILES string of the molecule is CCN(CC(=O)Nc1c(Cl)cccc1Cl)C(=O)CCc1c(C)nc2cc(C)nn2c1C. The maximum atomic E-state index is 12.8. The molecule has 0 radical (unpaired) electrons. The van der Waals surface area contributed by atoms with Gasteiger partial charge in [-0.05, 0) is 51.8 Å². The molecule has 0 saturated carbocycles. The molecule has 3 rings (SSSR count). The molecule has 0 unspecified atom stereocenters. The fourth-order valence-corrected chi connectivity index (χ4v) is 4.03. The van der Waals surface area contributed by atoms with E-state index in [1.54, 1.807) is 22.7 Å². The Balaban J connectivity index is 1.66. The summed E-state index contributed by atoms with van der Waals surface area (Å²) in [5.74, 6) is -0.467. The van der Waals surface area contributed by atoms with Crippen LogP contribution in [0.2, 0.25) is 10.0 Å². The van der Waals surface area contributed by atoms with Gasteiger partial charge >= 0.3 is 0 Å². The molecule has 0 fully saturated rings. The van der Waals surface area contributed by atoms with Crippen molar-refractivity contribution >= 4 is 46.4 Å². The zero-order valence-electron chi connectivity index (χ0n) is 18.0. The summed E-state index contributed by atoms with van der Waals surface area (Å²) in [6.45, 7) is 8.01. The smallest absolute Gasteiger partial charge is 0.244 e. The van der Waals surface area contributed by atoms with Gasteiger partial charge in [-0.15, -0.1) is 0 Å². The first-order valence-corrected chi connectivity index (χ1v) is 10.8. The highest BCUT2D eigenvalue weighted by Crippen LogP contribution is 2.29. The van der Waals surface area contributed by atoms with Gasteiger partial charge < -0.3 is 10.2 Å². The first-order chi connectivity index (χ1) is 14.7. The average molecular weight is 462 g/mol. The van der Waals surface area contributed by atoms with E-state index in [9.17, 15) is 9.59 Å². The van der Waals surface area contributed by atoms with Gasteiger partial charge in [0.1, 0.15) is 0 Å². The zero-order chi connectivity index (χ0) is 22.7. The van der Waals surface area contributed by atoms with Crippen LogP contribution in [0.1, 0.15) is 36.0 Å². The highest BCUT2D eigenvalue weighted by Gasteiger charge is 2.19. The summed E-state index contributed by atoms with van der Waals surface area (Å²) in [5, 5.41) is 7.86. The van der Waals surface area contributed by atoms with Gasteiger partial charge in [-0.1, -0.05) is 29.3 Å². The van der Waals surface area contributed by atoms with Gasteiger partial charge in [-0.3, -0.25) is 9.59 Å². The van der Waals surface area contributed by atoms with Crippen LogP contribution in [0, 0.1) is 20.8 Å². The molecule has 164 valence electrons. The highest BCUT2D eigenvalue weighted by atomic mass is 35.5. The lowest BCUT2D eigenvalue weighted by atomic mass is 10.1. The van der Waals surface area contributed by atoms with Gasteiger partial charge in [0.2, 0.25) is 11.8 Å². The fraction of sp³-hybridized carbons (Fsp3) is 0.364. The number of benzene rings is 1. The molecule has 31 heavy (non-hydrogen) atoms. The minimum absolute atomic E-state index is 0.0789. The molecule has 3 aromatic rings. The predicted molar refractivity (Wildman–Crippen MR) is 123 cm³/mol. The third-order valence-electron chi connectivity index (χ3n) is 5.17. The van der Waals surface area contributed by atoms with E-state index in [2.05, 4.69) is 15.4 Å². The number of rotatable bonds is 7. The lowest BCUT2D eigenvalue weighted by Crippen LogP contribution is -2.38. The van der Waals surface area contributed by atoms with E-state index in [0.29, 0.717) is 28.7 Å². The molecule has 1 N–H and O–H groups in total. The van der Waals surface area contributed by atoms with Crippen molar-refractivity contribution in [3.8, 4) is 0 Å². The summed E-state index contributed by atoms with van der Waals surface area (Å²) < 4.78 is 1.81. The van der Waals surface area contributed by atoms with Crippen molar-refractivity contribution in [2.45, 2.75) is 40.5 Å². The lowest BCUT2D eigenvalue weighted by molar-refractivity contribution is -0.134. The number of amides is 2. The number of nitrogens with one attached hydrogen (secondary N) is 1. The summed E-state index contributed by atoms with van der Waals surface area (Å²) >= 11 is 12.2. The summed E-state index contributed by atoms with van der Waals surface area (Å²) in [6, 6.07) is 6.91. The second-order valence-electron chi connectivity index (χ2n) is 7.37. The lowest BCUT2D eigenvalue weighted by Gasteiger charge is -2.21. The number of halogens is 2. The van der Waals surface area contributed by atoms with E-state index in [0.717, 1.165) is 28.3 Å². The second kappa shape index (κ2) is 9.66. The predicted octanol–water partition coefficient (Wildman–Crippen LogP) is 4.38. The Hall–Kier alpha value is -2.64. The first kappa shape index (κ1) is 23.0. The van der Waals surface area contributed by atoms with Crippen molar-refractivity contribution in [3.63, 3.8) is 0 Å². The number of aromatic nitrogens is 3. The summed E-state index contributed by atoms with van der Waals surface area (Å²) in [7, 11) is 0. The summed E-state index contributed by atoms with van der Waals surface area (Å²) in [5.41, 5.74) is 4.88. The quantitative estimate of drug-likeness (QED) is 0.565. The molecule has 0 aliphatic carbocycles. The monoisotopic (exact) mass is 461 g/mol. The van der Waals surface area contributed by atoms with Crippen LogP contribution >= 0.6 is 23.2 Å². The number of carbonyl (C=O) groups is 2. The number of anilines is 1. The van der Waals surface area contributed by atoms with Crippen LogP contribution in [-0.4, -0.2) is 44.4 Å². The Bertz CT molecular complexity index is 1120. The molecule has 2 heterocycles. The molecule has 9 heteroatoms. The number of likely N-dealkylation sites (N-methyl/N-ethyl adjacent to an activating group) is 1. The zero-order valence-corrected chi connectivity index (χ0v) is 19.5. The van der Waals surface area contributed by atoms with Gasteiger partial charge in [-0.2, -0.15) is 5.10 Å². The topological polar surface area (TPSA) is 79.6 Å². The van der Waals surface area contributed by atoms with Gasteiger partial charge in [0.25, 0.3) is 0 Å². The van der Waals surface area contributed by atoms with Crippen LogP contribution in [0.5, 0.6) is 0 Å². The minimum Gasteiger partial charge on any atom is -0.334 e. The number of para-hydroxylation sites is 1. The molecule has 0 aliphatic heterocycles. The van der Waals surface area contributed by atoms with Crippen molar-refractivity contribution < 1.29 is 9.59 Å². The van der Waals surface area contributed by atoms with Crippen LogP contribution in [0.25, 0.3) is 5.65 Å². The van der Waals surface area contributed by atoms with Gasteiger partial charge in [0, 0.05) is 30.4 Å². The minimum atomic E-state index is -0.354. The van der Waals surface area contributed by atoms with Gasteiger partial charge in [0.15, 0.2) is 5.65 Å². The molecule has 1 aromatic carbocycles. The fourth-order valence-electron chi connectivity index (χ4n) is 3.54. The number of aryl methyl sites for hydroxylation is 3. The number of carbonyl (C=O) groups excluding carboxylic acids is 2. The van der Waals surface area contributed by atoms with Crippen molar-refractivity contribution in [1.29, 1.82) is 0 Å². The van der Waals surface area contributed by atoms with Crippen molar-refractivity contribution in [2.75, 3.05) is 18.4 Å².